The predicted molar refractivity (Wildman–Crippen MR) is 258 cm³/mol. The normalized spacial score (nSPS) is 40.0. The number of carbonyl (C=O) groups is 3. The van der Waals surface area contributed by atoms with E-state index in [4.69, 9.17) is 9.47 Å². The molecule has 9 N–H and O–H groups in total. The van der Waals surface area contributed by atoms with E-state index < -0.39 is 75.8 Å². The lowest BCUT2D eigenvalue weighted by Crippen LogP contribution is -2.79. The van der Waals surface area contributed by atoms with Gasteiger partial charge in [-0.3, -0.25) is 9.59 Å². The van der Waals surface area contributed by atoms with E-state index in [-0.39, 0.29) is 78.8 Å². The number of carbonyl (C=O) groups excluding carboxylic acids is 3. The number of benzene rings is 2. The van der Waals surface area contributed by atoms with Crippen molar-refractivity contribution >= 4 is 39.4 Å². The molecule has 3 heterocycles. The summed E-state index contributed by atoms with van der Waals surface area (Å²) < 4.78 is 13.2. The van der Waals surface area contributed by atoms with Crippen LogP contribution in [-0.4, -0.2) is 114 Å². The van der Waals surface area contributed by atoms with Crippen LogP contribution in [-0.2, 0) is 22.6 Å². The Kier molecular flexibility index (Phi) is 12.1. The number of ether oxygens (including phenoxy) is 2. The van der Waals surface area contributed by atoms with Crippen molar-refractivity contribution in [3.05, 3.63) is 111 Å². The van der Waals surface area contributed by atoms with Gasteiger partial charge in [-0.15, -0.1) is 0 Å². The first-order valence-electron chi connectivity index (χ1n) is 24.7. The number of aliphatic hydroxyl groups excluding tert-OH is 6. The van der Waals surface area contributed by atoms with Gasteiger partial charge in [0.2, 0.25) is 6.29 Å². The van der Waals surface area contributed by atoms with Gasteiger partial charge >= 0.3 is 0 Å². The molecule has 13 atom stereocenters. The van der Waals surface area contributed by atoms with Gasteiger partial charge in [0.1, 0.15) is 46.6 Å². The maximum atomic E-state index is 15.9. The molecule has 7 bridgehead atoms. The van der Waals surface area contributed by atoms with Crippen molar-refractivity contribution in [1.29, 1.82) is 0 Å². The third-order valence-corrected chi connectivity index (χ3v) is 20.9. The number of hydrogen-bond donors (Lipinski definition) is 9. The van der Waals surface area contributed by atoms with Crippen molar-refractivity contribution in [2.45, 2.75) is 119 Å². The lowest BCUT2D eigenvalue weighted by Gasteiger charge is -2.64. The highest BCUT2D eigenvalue weighted by Gasteiger charge is 2.75. The van der Waals surface area contributed by atoms with Crippen LogP contribution in [0.1, 0.15) is 102 Å². The van der Waals surface area contributed by atoms with E-state index in [0.717, 1.165) is 61.8 Å². The molecular formula is C53H62N2O12S2. The van der Waals surface area contributed by atoms with Crippen LogP contribution in [0.5, 0.6) is 5.75 Å². The number of ketones is 2. The number of Topliss-reactive ketones (excluding diaryl/α,β-unsaturated/α-hetero) is 2. The monoisotopic (exact) mass is 982 g/mol. The van der Waals surface area contributed by atoms with Gasteiger partial charge in [-0.05, 0) is 128 Å². The van der Waals surface area contributed by atoms with Crippen LogP contribution in [0, 0.1) is 39.9 Å². The molecule has 4 fully saturated rings. The van der Waals surface area contributed by atoms with E-state index in [2.05, 4.69) is 16.7 Å². The van der Waals surface area contributed by atoms with Gasteiger partial charge in [-0.2, -0.15) is 0 Å². The van der Waals surface area contributed by atoms with Crippen LogP contribution >= 0.6 is 21.6 Å². The molecule has 0 amide bonds. The summed E-state index contributed by atoms with van der Waals surface area (Å²) in [5, 5.41) is 89.3. The fourth-order valence-corrected chi connectivity index (χ4v) is 18.0. The van der Waals surface area contributed by atoms with Crippen LogP contribution < -0.4 is 15.4 Å². The number of aliphatic hydroxyl groups is 7. The highest BCUT2D eigenvalue weighted by Crippen LogP contribution is 2.73. The second kappa shape index (κ2) is 17.7. The maximum absolute atomic E-state index is 15.9. The molecule has 2 aromatic carbocycles. The Morgan fingerprint density at radius 3 is 2.59 bits per heavy atom. The molecule has 6 aliphatic carbocycles. The molecule has 16 heteroatoms. The number of fused-ring (bicyclic) bond motifs is 2. The number of nitrogens with one attached hydrogen (secondary N) is 2. The fraction of sp³-hybridized carbons (Fsp3) is 0.566. The Bertz CT molecular complexity index is 2580. The molecule has 0 radical (unpaired) electrons. The van der Waals surface area contributed by atoms with Crippen LogP contribution in [0.3, 0.4) is 0 Å². The Hall–Kier alpha value is -3.97. The molecule has 0 aromatic heterocycles. The van der Waals surface area contributed by atoms with E-state index >= 15 is 9.59 Å². The van der Waals surface area contributed by atoms with E-state index in [9.17, 15) is 40.5 Å². The highest BCUT2D eigenvalue weighted by molar-refractivity contribution is 8.76. The summed E-state index contributed by atoms with van der Waals surface area (Å²) in [7, 11) is 2.79. The van der Waals surface area contributed by atoms with Crippen LogP contribution in [0.2, 0.25) is 0 Å². The second-order valence-corrected chi connectivity index (χ2v) is 23.8. The minimum Gasteiger partial charge on any atom is -0.511 e. The summed E-state index contributed by atoms with van der Waals surface area (Å²) in [5.74, 6) is -2.57. The summed E-state index contributed by atoms with van der Waals surface area (Å²) in [6, 6.07) is 12.0. The van der Waals surface area contributed by atoms with Crippen molar-refractivity contribution in [3.8, 4) is 5.75 Å². The van der Waals surface area contributed by atoms with E-state index in [0.29, 0.717) is 36.4 Å². The molecule has 9 aliphatic rings. The van der Waals surface area contributed by atoms with Gasteiger partial charge in [0.25, 0.3) is 0 Å². The quantitative estimate of drug-likeness (QED) is 0.123. The average Bonchev–Trinajstić information content (AvgIpc) is 3.92. The van der Waals surface area contributed by atoms with Crippen molar-refractivity contribution in [2.24, 2.45) is 39.9 Å². The summed E-state index contributed by atoms with van der Waals surface area (Å²) in [5.41, 5.74) is -2.88. The van der Waals surface area contributed by atoms with Crippen LogP contribution in [0.15, 0.2) is 89.0 Å². The van der Waals surface area contributed by atoms with Gasteiger partial charge in [-0.25, -0.2) is 0 Å². The smallest absolute Gasteiger partial charge is 0.229 e. The first-order chi connectivity index (χ1) is 33.3. The molecule has 2 aromatic rings. The van der Waals surface area contributed by atoms with E-state index in [1.807, 2.05) is 18.2 Å². The minimum atomic E-state index is -2.33. The molecule has 11 rings (SSSR count). The van der Waals surface area contributed by atoms with Gasteiger partial charge in [0.15, 0.2) is 11.6 Å². The molecule has 368 valence electrons. The zero-order valence-electron chi connectivity index (χ0n) is 38.5. The largest absolute Gasteiger partial charge is 0.511 e. The molecule has 13 unspecified atom stereocenters. The van der Waals surface area contributed by atoms with Crippen molar-refractivity contribution in [3.63, 3.8) is 0 Å². The molecule has 69 heavy (non-hydrogen) atoms. The highest BCUT2D eigenvalue weighted by atomic mass is 33.1. The third-order valence-electron chi connectivity index (χ3n) is 18.2. The molecular weight excluding hydrogens is 921 g/mol. The van der Waals surface area contributed by atoms with E-state index in [1.165, 1.54) is 39.3 Å². The summed E-state index contributed by atoms with van der Waals surface area (Å²) in [4.78, 5) is 44.1. The average molecular weight is 983 g/mol. The first-order valence-corrected chi connectivity index (χ1v) is 27.0. The Labute approximate surface area is 409 Å². The van der Waals surface area contributed by atoms with Crippen LogP contribution in [0.4, 0.5) is 0 Å². The molecule has 3 aliphatic heterocycles. The summed E-state index contributed by atoms with van der Waals surface area (Å²) >= 11 is 0. The Balaban J connectivity index is 1.08. The summed E-state index contributed by atoms with van der Waals surface area (Å²) in [6.07, 6.45) is 7.75. The predicted octanol–water partition coefficient (Wildman–Crippen LogP) is 5.11. The zero-order valence-corrected chi connectivity index (χ0v) is 40.1. The number of dihydropyridines is 1. The van der Waals surface area contributed by atoms with Gasteiger partial charge < -0.3 is 60.6 Å². The molecule has 3 spiro atoms. The lowest BCUT2D eigenvalue weighted by molar-refractivity contribution is -0.384. The standard InChI is InChI=1S/C53H62N2O12S2/c56-16-4-10-41-52-37(19-31(20-40(52)60)18-29-5-1-6-30(17-29)24-57)44(61)35-8-2-9-38(43(35)45(52)62)66-47-46(63)53(65)39(13-15-50(27-59,67-47)48(53)64)51-26-49(14-3-7-34(49)25-58)22-33(51)12-11-32-23-54-42(21-36(32)51)55-28-68-69-41/h1-2,5-6,8-9,17,19-21,25,33-34,37,39,41,46-48,54-57,59-60,63-65H,3-4,7,10-16,18,22-24,26-28H2. The minimum absolute atomic E-state index is 0.00196. The Morgan fingerprint density at radius 2 is 1.80 bits per heavy atom. The number of rotatable bonds is 8. The number of aldehydes is 1. The number of allylic oxidation sites excluding steroid dienone is 6. The maximum Gasteiger partial charge on any atom is 0.229 e. The van der Waals surface area contributed by atoms with Gasteiger partial charge in [0.05, 0.1) is 36.4 Å². The van der Waals surface area contributed by atoms with Gasteiger partial charge in [-0.1, -0.05) is 70.5 Å². The van der Waals surface area contributed by atoms with Crippen molar-refractivity contribution in [1.82, 2.24) is 10.6 Å². The molecule has 3 saturated carbocycles. The molecule has 1 saturated heterocycles. The summed E-state index contributed by atoms with van der Waals surface area (Å²) in [6.45, 7) is -0.561. The first kappa shape index (κ1) is 47.4. The van der Waals surface area contributed by atoms with Gasteiger partial charge in [0, 0.05) is 41.2 Å². The van der Waals surface area contributed by atoms with Crippen molar-refractivity contribution < 1.29 is 59.6 Å². The van der Waals surface area contributed by atoms with E-state index in [1.54, 1.807) is 24.3 Å². The van der Waals surface area contributed by atoms with Crippen LogP contribution in [0.25, 0.3) is 0 Å². The SMILES string of the molecule is O=CC1CCCC12CC1CCC3=C4C=C(NCSSC(CCCO)C56C(=O)c7c(cccc7C(=O)C5C=C(Cc5cccc(CO)c5)C=C6O)OC5OC6(CO)CCC(C41C2)C(O)(C5O)C6O)NC3. The third kappa shape index (κ3) is 6.89. The zero-order chi connectivity index (χ0) is 48.1. The second-order valence-electron chi connectivity index (χ2n) is 21.3. The lowest BCUT2D eigenvalue weighted by atomic mass is 9.47. The topological polar surface area (TPSA) is 235 Å². The molecule has 14 nitrogen and oxygen atoms in total. The van der Waals surface area contributed by atoms with Crippen molar-refractivity contribution in [2.75, 3.05) is 25.6 Å². The number of hydrogen-bond acceptors (Lipinski definition) is 16. The fourth-order valence-electron chi connectivity index (χ4n) is 15.2. The Morgan fingerprint density at radius 1 is 0.971 bits per heavy atom.